The predicted molar refractivity (Wildman–Crippen MR) is 109 cm³/mol. The summed E-state index contributed by atoms with van der Waals surface area (Å²) in [6.07, 6.45) is 0. The van der Waals surface area contributed by atoms with Crippen LogP contribution in [0.2, 0.25) is 5.02 Å². The van der Waals surface area contributed by atoms with Crippen LogP contribution in [-0.4, -0.2) is 40.7 Å². The van der Waals surface area contributed by atoms with Crippen LogP contribution in [0.25, 0.3) is 0 Å². The SMILES string of the molecule is COCCOc1c(Cl)cccc1NC(=O)c1cc(S(=O)(=O)NC(C)C)ccc1F. The molecule has 2 aromatic rings. The third-order valence-electron chi connectivity index (χ3n) is 3.63. The molecular formula is C19H22ClFN2O5S. The van der Waals surface area contributed by atoms with E-state index in [1.54, 1.807) is 26.0 Å². The third kappa shape index (κ3) is 6.14. The number of methoxy groups -OCH3 is 1. The van der Waals surface area contributed by atoms with Crippen LogP contribution in [0.15, 0.2) is 41.3 Å². The molecule has 0 bridgehead atoms. The molecule has 1 amide bonds. The van der Waals surface area contributed by atoms with E-state index in [-0.39, 0.29) is 34.0 Å². The number of halogens is 2. The van der Waals surface area contributed by atoms with E-state index in [1.807, 2.05) is 0 Å². The summed E-state index contributed by atoms with van der Waals surface area (Å²) in [5.74, 6) is -1.51. The number of sulfonamides is 1. The minimum atomic E-state index is -3.89. The van der Waals surface area contributed by atoms with Gasteiger partial charge in [0.1, 0.15) is 12.4 Å². The minimum Gasteiger partial charge on any atom is -0.487 e. The Morgan fingerprint density at radius 3 is 2.59 bits per heavy atom. The van der Waals surface area contributed by atoms with Crippen molar-refractivity contribution in [1.29, 1.82) is 0 Å². The van der Waals surface area contributed by atoms with Crippen LogP contribution >= 0.6 is 11.6 Å². The van der Waals surface area contributed by atoms with Gasteiger partial charge in [0, 0.05) is 13.2 Å². The van der Waals surface area contributed by atoms with Crippen LogP contribution in [0.3, 0.4) is 0 Å². The third-order valence-corrected chi connectivity index (χ3v) is 5.59. The van der Waals surface area contributed by atoms with Crippen molar-refractivity contribution >= 4 is 33.2 Å². The van der Waals surface area contributed by atoms with Gasteiger partial charge in [-0.05, 0) is 44.2 Å². The maximum atomic E-state index is 14.3. The second kappa shape index (κ2) is 10.0. The van der Waals surface area contributed by atoms with Gasteiger partial charge in [-0.1, -0.05) is 17.7 Å². The first kappa shape index (κ1) is 23.1. The van der Waals surface area contributed by atoms with Crippen LogP contribution in [0.4, 0.5) is 10.1 Å². The average molecular weight is 445 g/mol. The van der Waals surface area contributed by atoms with Crippen LogP contribution in [0, 0.1) is 5.82 Å². The molecule has 0 spiro atoms. The molecule has 0 aliphatic rings. The lowest BCUT2D eigenvalue weighted by Gasteiger charge is -2.15. The zero-order valence-corrected chi connectivity index (χ0v) is 17.7. The van der Waals surface area contributed by atoms with Crippen LogP contribution < -0.4 is 14.8 Å². The normalized spacial score (nSPS) is 11.5. The lowest BCUT2D eigenvalue weighted by molar-refractivity contribution is 0.102. The maximum Gasteiger partial charge on any atom is 0.258 e. The summed E-state index contributed by atoms with van der Waals surface area (Å²) in [6, 6.07) is 7.33. The number of hydrogen-bond donors (Lipinski definition) is 2. The number of nitrogens with one attached hydrogen (secondary N) is 2. The van der Waals surface area contributed by atoms with Gasteiger partial charge in [0.05, 0.1) is 27.8 Å². The molecule has 29 heavy (non-hydrogen) atoms. The number of anilines is 1. The van der Waals surface area contributed by atoms with Crippen LogP contribution in [-0.2, 0) is 14.8 Å². The summed E-state index contributed by atoms with van der Waals surface area (Å²) in [6.45, 7) is 3.79. The first-order valence-corrected chi connectivity index (χ1v) is 10.5. The Hall–Kier alpha value is -2.20. The maximum absolute atomic E-state index is 14.3. The van der Waals surface area contributed by atoms with Crippen molar-refractivity contribution in [3.05, 3.63) is 52.8 Å². The van der Waals surface area contributed by atoms with Crippen molar-refractivity contribution in [1.82, 2.24) is 4.72 Å². The van der Waals surface area contributed by atoms with Crippen LogP contribution in [0.5, 0.6) is 5.75 Å². The number of amides is 1. The molecule has 7 nitrogen and oxygen atoms in total. The average Bonchev–Trinajstić information content (AvgIpc) is 2.63. The van der Waals surface area contributed by atoms with Gasteiger partial charge in [-0.25, -0.2) is 17.5 Å². The van der Waals surface area contributed by atoms with E-state index >= 15 is 0 Å². The molecule has 158 valence electrons. The molecular weight excluding hydrogens is 423 g/mol. The second-order valence-electron chi connectivity index (χ2n) is 6.33. The summed E-state index contributed by atoms with van der Waals surface area (Å²) in [4.78, 5) is 12.4. The molecule has 0 unspecified atom stereocenters. The second-order valence-corrected chi connectivity index (χ2v) is 8.45. The van der Waals surface area contributed by atoms with E-state index in [9.17, 15) is 17.6 Å². The topological polar surface area (TPSA) is 93.7 Å². The van der Waals surface area contributed by atoms with E-state index in [4.69, 9.17) is 21.1 Å². The molecule has 0 saturated carbocycles. The largest absolute Gasteiger partial charge is 0.487 e. The Morgan fingerprint density at radius 1 is 1.21 bits per heavy atom. The lowest BCUT2D eigenvalue weighted by Crippen LogP contribution is -2.30. The lowest BCUT2D eigenvalue weighted by atomic mass is 10.2. The highest BCUT2D eigenvalue weighted by Crippen LogP contribution is 2.33. The number of benzene rings is 2. The minimum absolute atomic E-state index is 0.187. The predicted octanol–water partition coefficient (Wildman–Crippen LogP) is 3.44. The highest BCUT2D eigenvalue weighted by atomic mass is 35.5. The van der Waals surface area contributed by atoms with Crippen molar-refractivity contribution in [2.75, 3.05) is 25.6 Å². The standard InChI is InChI=1S/C19H22ClFN2O5S/c1-12(2)23-29(25,26)13-7-8-16(21)14(11-13)19(24)22-17-6-4-5-15(20)18(17)28-10-9-27-3/h4-8,11-12,23H,9-10H2,1-3H3,(H,22,24). The Bertz CT molecular complexity index is 983. The molecule has 0 aliphatic heterocycles. The highest BCUT2D eigenvalue weighted by molar-refractivity contribution is 7.89. The van der Waals surface area contributed by atoms with E-state index in [0.717, 1.165) is 18.2 Å². The van der Waals surface area contributed by atoms with Gasteiger partial charge in [-0.2, -0.15) is 0 Å². The Kier molecular flexibility index (Phi) is 7.97. The Morgan fingerprint density at radius 2 is 1.93 bits per heavy atom. The zero-order chi connectivity index (χ0) is 21.6. The van der Waals surface area contributed by atoms with Gasteiger partial charge in [-0.15, -0.1) is 0 Å². The van der Waals surface area contributed by atoms with Crippen molar-refractivity contribution < 1.29 is 27.1 Å². The Labute approximate surface area is 174 Å². The monoisotopic (exact) mass is 444 g/mol. The van der Waals surface area contributed by atoms with Gasteiger partial charge < -0.3 is 14.8 Å². The molecule has 0 fully saturated rings. The fraction of sp³-hybridized carbons (Fsp3) is 0.316. The van der Waals surface area contributed by atoms with E-state index in [2.05, 4.69) is 10.0 Å². The van der Waals surface area contributed by atoms with Crippen molar-refractivity contribution in [2.24, 2.45) is 0 Å². The fourth-order valence-corrected chi connectivity index (χ4v) is 3.90. The van der Waals surface area contributed by atoms with Gasteiger partial charge in [0.2, 0.25) is 10.0 Å². The summed E-state index contributed by atoms with van der Waals surface area (Å²) in [7, 11) is -2.38. The van der Waals surface area contributed by atoms with E-state index < -0.39 is 27.3 Å². The highest BCUT2D eigenvalue weighted by Gasteiger charge is 2.21. The number of carbonyl (C=O) groups excluding carboxylic acids is 1. The van der Waals surface area contributed by atoms with Gasteiger partial charge in [0.25, 0.3) is 5.91 Å². The van der Waals surface area contributed by atoms with Crippen molar-refractivity contribution in [3.8, 4) is 5.75 Å². The number of para-hydroxylation sites is 1. The van der Waals surface area contributed by atoms with Gasteiger partial charge >= 0.3 is 0 Å². The number of rotatable bonds is 9. The van der Waals surface area contributed by atoms with Gasteiger partial charge in [-0.3, -0.25) is 4.79 Å². The molecule has 10 heteroatoms. The first-order valence-electron chi connectivity index (χ1n) is 8.69. The van der Waals surface area contributed by atoms with Crippen LogP contribution in [0.1, 0.15) is 24.2 Å². The molecule has 0 aliphatic carbocycles. The summed E-state index contributed by atoms with van der Waals surface area (Å²) in [5.41, 5.74) is -0.217. The summed E-state index contributed by atoms with van der Waals surface area (Å²) in [5, 5.41) is 2.76. The van der Waals surface area contributed by atoms with Gasteiger partial charge in [0.15, 0.2) is 5.75 Å². The summed E-state index contributed by atoms with van der Waals surface area (Å²) < 4.78 is 51.7. The van der Waals surface area contributed by atoms with E-state index in [0.29, 0.717) is 6.61 Å². The first-order chi connectivity index (χ1) is 13.7. The molecule has 0 heterocycles. The zero-order valence-electron chi connectivity index (χ0n) is 16.2. The number of hydrogen-bond acceptors (Lipinski definition) is 5. The fourth-order valence-electron chi connectivity index (χ4n) is 2.39. The number of ether oxygens (including phenoxy) is 2. The quantitative estimate of drug-likeness (QED) is 0.578. The van der Waals surface area contributed by atoms with Crippen molar-refractivity contribution in [3.63, 3.8) is 0 Å². The Balaban J connectivity index is 2.32. The smallest absolute Gasteiger partial charge is 0.258 e. The molecule has 2 N–H and O–H groups in total. The molecule has 0 atom stereocenters. The molecule has 0 saturated heterocycles. The summed E-state index contributed by atoms with van der Waals surface area (Å²) >= 11 is 6.12. The number of carbonyl (C=O) groups is 1. The van der Waals surface area contributed by atoms with Crippen molar-refractivity contribution in [2.45, 2.75) is 24.8 Å². The van der Waals surface area contributed by atoms with E-state index in [1.165, 1.54) is 13.2 Å². The molecule has 0 radical (unpaired) electrons. The molecule has 2 aromatic carbocycles. The molecule has 0 aromatic heterocycles. The molecule has 2 rings (SSSR count).